The lowest BCUT2D eigenvalue weighted by molar-refractivity contribution is -0.152. The number of hydrogen-bond donors (Lipinski definition) is 0. The molecule has 6 nitrogen and oxygen atoms in total. The maximum Gasteiger partial charge on any atom is 0.326 e. The van der Waals surface area contributed by atoms with Gasteiger partial charge in [0.15, 0.2) is 0 Å². The summed E-state index contributed by atoms with van der Waals surface area (Å²) in [5.41, 5.74) is -0.508. The number of carbonyl (C=O) groups excluding carboxylic acids is 2. The van der Waals surface area contributed by atoms with Gasteiger partial charge < -0.3 is 14.2 Å². The number of esters is 1. The van der Waals surface area contributed by atoms with Crippen LogP contribution in [0.15, 0.2) is 66.7 Å². The third-order valence-electron chi connectivity index (χ3n) is 4.80. The van der Waals surface area contributed by atoms with Gasteiger partial charge in [0.05, 0.1) is 7.11 Å². The molecule has 0 aliphatic heterocycles. The van der Waals surface area contributed by atoms with Gasteiger partial charge in [0.2, 0.25) is 0 Å². The standard InChI is InChI=1S/C27H27F2NO5/c1-27(2,3)35-24(31)16-30(26(32)25-22(28)12-7-13-23(25)29)19-9-6-11-21(15-19)34-17-18-8-5-10-20(14-18)33-4/h5-15H,16-17H2,1-4H3. The van der Waals surface area contributed by atoms with E-state index in [4.69, 9.17) is 14.2 Å². The predicted molar refractivity (Wildman–Crippen MR) is 128 cm³/mol. The Bertz CT molecular complexity index is 1190. The number of anilines is 1. The monoisotopic (exact) mass is 483 g/mol. The molecule has 3 rings (SSSR count). The summed E-state index contributed by atoms with van der Waals surface area (Å²) < 4.78 is 45.2. The van der Waals surface area contributed by atoms with Crippen LogP contribution >= 0.6 is 0 Å². The lowest BCUT2D eigenvalue weighted by Crippen LogP contribution is -2.39. The number of methoxy groups -OCH3 is 1. The van der Waals surface area contributed by atoms with Crippen LogP contribution in [-0.4, -0.2) is 31.1 Å². The summed E-state index contributed by atoms with van der Waals surface area (Å²) in [6.45, 7) is 4.70. The molecule has 0 atom stereocenters. The highest BCUT2D eigenvalue weighted by Crippen LogP contribution is 2.26. The lowest BCUT2D eigenvalue weighted by atomic mass is 10.1. The van der Waals surface area contributed by atoms with Crippen LogP contribution in [0.25, 0.3) is 0 Å². The molecule has 0 aromatic heterocycles. The zero-order chi connectivity index (χ0) is 25.6. The van der Waals surface area contributed by atoms with Crippen LogP contribution in [-0.2, 0) is 16.1 Å². The maximum absolute atomic E-state index is 14.4. The number of rotatable bonds is 8. The Morgan fingerprint density at radius 3 is 2.17 bits per heavy atom. The number of hydrogen-bond acceptors (Lipinski definition) is 5. The number of nitrogens with zero attached hydrogens (tertiary/aromatic N) is 1. The summed E-state index contributed by atoms with van der Waals surface area (Å²) in [6.07, 6.45) is 0. The third kappa shape index (κ3) is 7.02. The maximum atomic E-state index is 14.4. The van der Waals surface area contributed by atoms with E-state index in [1.165, 1.54) is 6.07 Å². The fraction of sp³-hybridized carbons (Fsp3) is 0.259. The minimum Gasteiger partial charge on any atom is -0.497 e. The topological polar surface area (TPSA) is 65.1 Å². The summed E-state index contributed by atoms with van der Waals surface area (Å²) in [5.74, 6) is -2.74. The van der Waals surface area contributed by atoms with Crippen molar-refractivity contribution >= 4 is 17.6 Å². The predicted octanol–water partition coefficient (Wildman–Crippen LogP) is 5.54. The number of benzene rings is 3. The van der Waals surface area contributed by atoms with Crippen molar-refractivity contribution in [3.8, 4) is 11.5 Å². The Kier molecular flexibility index (Phi) is 8.06. The highest BCUT2D eigenvalue weighted by Gasteiger charge is 2.28. The zero-order valence-corrected chi connectivity index (χ0v) is 20.0. The average Bonchev–Trinajstić information content (AvgIpc) is 2.80. The molecular weight excluding hydrogens is 456 g/mol. The minimum absolute atomic E-state index is 0.211. The molecule has 8 heteroatoms. The summed E-state index contributed by atoms with van der Waals surface area (Å²) >= 11 is 0. The molecule has 3 aromatic rings. The van der Waals surface area contributed by atoms with Crippen molar-refractivity contribution in [3.63, 3.8) is 0 Å². The van der Waals surface area contributed by atoms with Gasteiger partial charge in [0, 0.05) is 11.8 Å². The fourth-order valence-corrected chi connectivity index (χ4v) is 3.29. The van der Waals surface area contributed by atoms with Crippen LogP contribution in [0.2, 0.25) is 0 Å². The molecule has 184 valence electrons. The second-order valence-electron chi connectivity index (χ2n) is 8.71. The number of amides is 1. The first-order valence-corrected chi connectivity index (χ1v) is 10.9. The Labute approximate surface area is 203 Å². The molecule has 0 aliphatic rings. The van der Waals surface area contributed by atoms with Gasteiger partial charge in [-0.15, -0.1) is 0 Å². The molecule has 0 aliphatic carbocycles. The molecule has 0 fully saturated rings. The van der Waals surface area contributed by atoms with Gasteiger partial charge in [-0.05, 0) is 62.7 Å². The lowest BCUT2D eigenvalue weighted by Gasteiger charge is -2.26. The molecule has 3 aromatic carbocycles. The highest BCUT2D eigenvalue weighted by molar-refractivity contribution is 6.08. The van der Waals surface area contributed by atoms with Gasteiger partial charge in [-0.2, -0.15) is 0 Å². The SMILES string of the molecule is COc1cccc(COc2cccc(N(CC(=O)OC(C)(C)C)C(=O)c3c(F)cccc3F)c2)c1. The van der Waals surface area contributed by atoms with Crippen molar-refractivity contribution in [3.05, 3.63) is 89.5 Å². The van der Waals surface area contributed by atoms with Crippen LogP contribution in [0.5, 0.6) is 11.5 Å². The first-order valence-electron chi connectivity index (χ1n) is 10.9. The Morgan fingerprint density at radius 1 is 0.886 bits per heavy atom. The number of halogens is 2. The second kappa shape index (κ2) is 11.0. The van der Waals surface area contributed by atoms with Crippen molar-refractivity contribution in [1.29, 1.82) is 0 Å². The molecule has 0 saturated carbocycles. The van der Waals surface area contributed by atoms with E-state index in [1.54, 1.807) is 46.1 Å². The van der Waals surface area contributed by atoms with Crippen molar-refractivity contribution in [2.75, 3.05) is 18.6 Å². The van der Waals surface area contributed by atoms with Crippen LogP contribution in [0.1, 0.15) is 36.7 Å². The first kappa shape index (κ1) is 25.7. The van der Waals surface area contributed by atoms with E-state index in [-0.39, 0.29) is 12.3 Å². The van der Waals surface area contributed by atoms with Gasteiger partial charge in [-0.25, -0.2) is 8.78 Å². The highest BCUT2D eigenvalue weighted by atomic mass is 19.1. The van der Waals surface area contributed by atoms with E-state index in [1.807, 2.05) is 24.3 Å². The molecule has 0 heterocycles. The molecule has 0 bridgehead atoms. The van der Waals surface area contributed by atoms with E-state index < -0.39 is 41.2 Å². The van der Waals surface area contributed by atoms with Gasteiger partial charge in [0.25, 0.3) is 5.91 Å². The number of ether oxygens (including phenoxy) is 3. The molecule has 0 unspecified atom stereocenters. The molecule has 0 radical (unpaired) electrons. The Hall–Kier alpha value is -3.94. The molecule has 0 N–H and O–H groups in total. The third-order valence-corrected chi connectivity index (χ3v) is 4.80. The van der Waals surface area contributed by atoms with Crippen molar-refractivity contribution < 1.29 is 32.6 Å². The Morgan fingerprint density at radius 2 is 1.51 bits per heavy atom. The van der Waals surface area contributed by atoms with E-state index in [0.717, 1.165) is 28.7 Å². The summed E-state index contributed by atoms with van der Waals surface area (Å²) in [4.78, 5) is 26.8. The van der Waals surface area contributed by atoms with Crippen molar-refractivity contribution in [2.45, 2.75) is 33.0 Å². The molecule has 1 amide bonds. The van der Waals surface area contributed by atoms with Crippen molar-refractivity contribution in [1.82, 2.24) is 0 Å². The molecule has 0 saturated heterocycles. The van der Waals surface area contributed by atoms with Gasteiger partial charge >= 0.3 is 5.97 Å². The fourth-order valence-electron chi connectivity index (χ4n) is 3.29. The van der Waals surface area contributed by atoms with Crippen LogP contribution in [0.3, 0.4) is 0 Å². The van der Waals surface area contributed by atoms with Gasteiger partial charge in [-0.1, -0.05) is 24.3 Å². The zero-order valence-electron chi connectivity index (χ0n) is 20.0. The van der Waals surface area contributed by atoms with E-state index in [9.17, 15) is 18.4 Å². The van der Waals surface area contributed by atoms with Crippen molar-refractivity contribution in [2.24, 2.45) is 0 Å². The summed E-state index contributed by atoms with van der Waals surface area (Å²) in [6, 6.07) is 16.8. The van der Waals surface area contributed by atoms with Crippen LogP contribution < -0.4 is 14.4 Å². The second-order valence-corrected chi connectivity index (χ2v) is 8.71. The summed E-state index contributed by atoms with van der Waals surface area (Å²) in [7, 11) is 1.57. The molecule has 0 spiro atoms. The van der Waals surface area contributed by atoms with Gasteiger partial charge in [-0.3, -0.25) is 14.5 Å². The van der Waals surface area contributed by atoms with E-state index in [2.05, 4.69) is 0 Å². The van der Waals surface area contributed by atoms with E-state index >= 15 is 0 Å². The quantitative estimate of drug-likeness (QED) is 0.394. The molecule has 35 heavy (non-hydrogen) atoms. The average molecular weight is 484 g/mol. The van der Waals surface area contributed by atoms with E-state index in [0.29, 0.717) is 11.5 Å². The van der Waals surface area contributed by atoms with Crippen LogP contribution in [0.4, 0.5) is 14.5 Å². The Balaban J connectivity index is 1.90. The van der Waals surface area contributed by atoms with Gasteiger partial charge in [0.1, 0.15) is 47.4 Å². The largest absolute Gasteiger partial charge is 0.497 e. The smallest absolute Gasteiger partial charge is 0.326 e. The van der Waals surface area contributed by atoms with Crippen LogP contribution in [0, 0.1) is 11.6 Å². The normalized spacial score (nSPS) is 11.0. The number of carbonyl (C=O) groups is 2. The minimum atomic E-state index is -1.03. The first-order chi connectivity index (χ1) is 16.6. The molecular formula is C27H27F2NO5. The summed E-state index contributed by atoms with van der Waals surface area (Å²) in [5, 5.41) is 0.